The van der Waals surface area contributed by atoms with E-state index in [4.69, 9.17) is 11.6 Å². The second-order valence-electron chi connectivity index (χ2n) is 1.28. The molecule has 0 saturated carbocycles. The van der Waals surface area contributed by atoms with Crippen LogP contribution in [-0.2, 0) is 0 Å². The second-order valence-corrected chi connectivity index (χ2v) is 2.54. The molecule has 0 aliphatic rings. The molecule has 1 aromatic rings. The molecule has 1 rings (SSSR count). The van der Waals surface area contributed by atoms with Crippen molar-refractivity contribution in [2.75, 3.05) is 0 Å². The SMILES string of the molecule is Clc1[c]c(Br)c[c]c1. The highest BCUT2D eigenvalue weighted by atomic mass is 79.9. The number of halogens is 2. The fraction of sp³-hybridized carbons (Fsp3) is 0. The van der Waals surface area contributed by atoms with E-state index in [1.54, 1.807) is 12.1 Å². The molecule has 2 heteroatoms. The van der Waals surface area contributed by atoms with Crippen molar-refractivity contribution in [1.29, 1.82) is 0 Å². The Bertz CT molecular complexity index is 168. The van der Waals surface area contributed by atoms with E-state index in [9.17, 15) is 0 Å². The Morgan fingerprint density at radius 3 is 2.62 bits per heavy atom. The Labute approximate surface area is 61.6 Å². The first kappa shape index (κ1) is 6.12. The highest BCUT2D eigenvalue weighted by Crippen LogP contribution is 2.13. The van der Waals surface area contributed by atoms with Crippen LogP contribution in [0.15, 0.2) is 16.6 Å². The van der Waals surface area contributed by atoms with Crippen LogP contribution in [0.1, 0.15) is 0 Å². The summed E-state index contributed by atoms with van der Waals surface area (Å²) in [5.74, 6) is 0. The fourth-order valence-electron chi connectivity index (χ4n) is 0.374. The van der Waals surface area contributed by atoms with Crippen molar-refractivity contribution in [3.8, 4) is 0 Å². The third-order valence-corrected chi connectivity index (χ3v) is 1.29. The molecule has 1 aromatic carbocycles. The van der Waals surface area contributed by atoms with Crippen molar-refractivity contribution in [3.05, 3.63) is 33.8 Å². The summed E-state index contributed by atoms with van der Waals surface area (Å²) in [5.41, 5.74) is 0. The molecule has 0 aliphatic heterocycles. The van der Waals surface area contributed by atoms with Crippen LogP contribution in [0.3, 0.4) is 0 Å². The van der Waals surface area contributed by atoms with Gasteiger partial charge in [0, 0.05) is 10.5 Å². The summed E-state index contributed by atoms with van der Waals surface area (Å²) in [6, 6.07) is 9.05. The molecule has 0 nitrogen and oxygen atoms in total. The minimum absolute atomic E-state index is 0.583. The molecule has 0 aliphatic carbocycles. The van der Waals surface area contributed by atoms with Crippen molar-refractivity contribution in [3.63, 3.8) is 0 Å². The van der Waals surface area contributed by atoms with Crippen molar-refractivity contribution >= 4 is 27.5 Å². The fourth-order valence-corrected chi connectivity index (χ4v) is 0.999. The molecule has 2 radical (unpaired) electrons. The van der Waals surface area contributed by atoms with Gasteiger partial charge in [-0.15, -0.1) is 0 Å². The van der Waals surface area contributed by atoms with Gasteiger partial charge in [-0.05, 0) is 18.2 Å². The molecule has 0 N–H and O–H groups in total. The van der Waals surface area contributed by atoms with Gasteiger partial charge in [0.25, 0.3) is 0 Å². The first-order chi connectivity index (χ1) is 3.79. The topological polar surface area (TPSA) is 0 Å². The quantitative estimate of drug-likeness (QED) is 0.589. The average Bonchev–Trinajstić information content (AvgIpc) is 1.64. The lowest BCUT2D eigenvalue weighted by molar-refractivity contribution is 1.62. The lowest BCUT2D eigenvalue weighted by Gasteiger charge is -1.85. The molecule has 0 fully saturated rings. The summed E-state index contributed by atoms with van der Waals surface area (Å²) in [4.78, 5) is 0. The second kappa shape index (κ2) is 2.51. The summed E-state index contributed by atoms with van der Waals surface area (Å²) in [5, 5.41) is 0.583. The maximum absolute atomic E-state index is 5.53. The van der Waals surface area contributed by atoms with Crippen LogP contribution < -0.4 is 0 Å². The number of benzene rings is 1. The molecular formula is C6H2BrCl. The van der Waals surface area contributed by atoms with E-state index in [-0.39, 0.29) is 0 Å². The Hall–Kier alpha value is -0.0100. The average molecular weight is 189 g/mol. The standard InChI is InChI=1S/C6H2BrCl/c7-5-2-1-3-6(8)4-5/h2-3H. The first-order valence-electron chi connectivity index (χ1n) is 2.03. The molecular weight excluding hydrogens is 187 g/mol. The molecule has 0 unspecified atom stereocenters. The van der Waals surface area contributed by atoms with Crippen LogP contribution in [0.25, 0.3) is 0 Å². The summed E-state index contributed by atoms with van der Waals surface area (Å²) >= 11 is 8.72. The van der Waals surface area contributed by atoms with Crippen molar-refractivity contribution in [2.45, 2.75) is 0 Å². The number of hydrogen-bond donors (Lipinski definition) is 0. The van der Waals surface area contributed by atoms with Gasteiger partial charge in [-0.3, -0.25) is 0 Å². The van der Waals surface area contributed by atoms with Gasteiger partial charge in [-0.2, -0.15) is 0 Å². The van der Waals surface area contributed by atoms with Crippen LogP contribution in [0.5, 0.6) is 0 Å². The minimum Gasteiger partial charge on any atom is -0.0836 e. The van der Waals surface area contributed by atoms with E-state index in [1.807, 2.05) is 0 Å². The smallest absolute Gasteiger partial charge is 0.0502 e. The van der Waals surface area contributed by atoms with Gasteiger partial charge in [-0.25, -0.2) is 0 Å². The molecule has 0 bridgehead atoms. The highest BCUT2D eigenvalue weighted by Gasteiger charge is 1.86. The van der Waals surface area contributed by atoms with Crippen LogP contribution in [0.4, 0.5) is 0 Å². The number of rotatable bonds is 0. The maximum Gasteiger partial charge on any atom is 0.0502 e. The summed E-state index contributed by atoms with van der Waals surface area (Å²) < 4.78 is 0.838. The zero-order valence-corrected chi connectivity index (χ0v) is 6.25. The van der Waals surface area contributed by atoms with Gasteiger partial charge in [0.2, 0.25) is 0 Å². The van der Waals surface area contributed by atoms with Gasteiger partial charge in [0.05, 0.1) is 5.02 Å². The lowest BCUT2D eigenvalue weighted by atomic mass is 10.4. The van der Waals surface area contributed by atoms with E-state index >= 15 is 0 Å². The third-order valence-electron chi connectivity index (χ3n) is 0.659. The molecule has 40 valence electrons. The molecule has 0 saturated heterocycles. The Kier molecular flexibility index (Phi) is 1.92. The normalized spacial score (nSPS) is 9.25. The van der Waals surface area contributed by atoms with E-state index in [1.165, 1.54) is 0 Å². The molecule has 0 atom stereocenters. The third kappa shape index (κ3) is 1.49. The predicted octanol–water partition coefficient (Wildman–Crippen LogP) is 2.70. The van der Waals surface area contributed by atoms with E-state index < -0.39 is 0 Å². The summed E-state index contributed by atoms with van der Waals surface area (Å²) in [6.45, 7) is 0. The zero-order chi connectivity index (χ0) is 5.98. The highest BCUT2D eigenvalue weighted by molar-refractivity contribution is 9.10. The lowest BCUT2D eigenvalue weighted by Crippen LogP contribution is -1.63. The van der Waals surface area contributed by atoms with Crippen LogP contribution in [-0.4, -0.2) is 0 Å². The van der Waals surface area contributed by atoms with Gasteiger partial charge in [0.15, 0.2) is 0 Å². The largest absolute Gasteiger partial charge is 0.0836 e. The molecule has 0 spiro atoms. The van der Waals surface area contributed by atoms with Crippen LogP contribution in [0.2, 0.25) is 5.02 Å². The molecule has 0 aromatic heterocycles. The maximum atomic E-state index is 5.53. The van der Waals surface area contributed by atoms with Crippen molar-refractivity contribution < 1.29 is 0 Å². The first-order valence-corrected chi connectivity index (χ1v) is 3.20. The van der Waals surface area contributed by atoms with Gasteiger partial charge < -0.3 is 0 Å². The molecule has 0 heterocycles. The zero-order valence-electron chi connectivity index (χ0n) is 3.91. The van der Waals surface area contributed by atoms with Gasteiger partial charge in [0.1, 0.15) is 0 Å². The van der Waals surface area contributed by atoms with Crippen molar-refractivity contribution in [2.24, 2.45) is 0 Å². The van der Waals surface area contributed by atoms with Gasteiger partial charge >= 0.3 is 0 Å². The Morgan fingerprint density at radius 1 is 1.50 bits per heavy atom. The van der Waals surface area contributed by atoms with E-state index in [2.05, 4.69) is 28.1 Å². The summed E-state index contributed by atoms with van der Waals surface area (Å²) in [6.07, 6.45) is 0. The van der Waals surface area contributed by atoms with Crippen molar-refractivity contribution in [1.82, 2.24) is 0 Å². The van der Waals surface area contributed by atoms with Gasteiger partial charge in [-0.1, -0.05) is 27.5 Å². The number of hydrogen-bond acceptors (Lipinski definition) is 0. The summed E-state index contributed by atoms with van der Waals surface area (Å²) in [7, 11) is 0. The molecule has 8 heavy (non-hydrogen) atoms. The van der Waals surface area contributed by atoms with E-state index in [0.717, 1.165) is 4.47 Å². The van der Waals surface area contributed by atoms with E-state index in [0.29, 0.717) is 5.02 Å². The Morgan fingerprint density at radius 2 is 2.25 bits per heavy atom. The van der Waals surface area contributed by atoms with Crippen LogP contribution in [0, 0.1) is 12.1 Å². The Balaban J connectivity index is 3.08. The minimum atomic E-state index is 0.583. The van der Waals surface area contributed by atoms with Crippen LogP contribution >= 0.6 is 27.5 Å². The predicted molar refractivity (Wildman–Crippen MR) is 36.8 cm³/mol. The molecule has 0 amide bonds. The monoisotopic (exact) mass is 188 g/mol.